The summed E-state index contributed by atoms with van der Waals surface area (Å²) < 4.78 is 5.21. The molecule has 2 aromatic carbocycles. The molecule has 0 aromatic heterocycles. The first-order valence-electron chi connectivity index (χ1n) is 7.96. The number of hydrogen-bond donors (Lipinski definition) is 2. The largest absolute Gasteiger partial charge is 0.394 e. The van der Waals surface area contributed by atoms with Crippen LogP contribution < -0.4 is 5.32 Å². The third kappa shape index (κ3) is 3.55. The Kier molecular flexibility index (Phi) is 5.08. The summed E-state index contributed by atoms with van der Waals surface area (Å²) in [6.45, 7) is 1.46. The number of hydrogen-bond acceptors (Lipinski definition) is 4. The van der Waals surface area contributed by atoms with E-state index < -0.39 is 12.6 Å². The molecule has 126 valence electrons. The van der Waals surface area contributed by atoms with Crippen LogP contribution >= 0.6 is 0 Å². The maximum absolute atomic E-state index is 12.4. The predicted molar refractivity (Wildman–Crippen MR) is 89.7 cm³/mol. The molecule has 1 aliphatic heterocycles. The zero-order valence-electron chi connectivity index (χ0n) is 13.3. The van der Waals surface area contributed by atoms with E-state index in [1.807, 2.05) is 30.3 Å². The summed E-state index contributed by atoms with van der Waals surface area (Å²) in [4.78, 5) is 26.4. The molecule has 1 heterocycles. The molecule has 3 rings (SSSR count). The molecule has 0 aliphatic carbocycles. The van der Waals surface area contributed by atoms with E-state index in [4.69, 9.17) is 4.74 Å². The SMILES string of the molecule is O=C(N[C@@H](CO)C(=O)N1CCOCC1)c1ccc2ccccc2c1. The highest BCUT2D eigenvalue weighted by atomic mass is 16.5. The smallest absolute Gasteiger partial charge is 0.252 e. The number of morpholine rings is 1. The molecule has 1 fully saturated rings. The zero-order valence-corrected chi connectivity index (χ0v) is 13.3. The number of carbonyl (C=O) groups excluding carboxylic acids is 2. The monoisotopic (exact) mass is 328 g/mol. The van der Waals surface area contributed by atoms with Gasteiger partial charge < -0.3 is 20.1 Å². The van der Waals surface area contributed by atoms with E-state index in [2.05, 4.69) is 5.32 Å². The van der Waals surface area contributed by atoms with Gasteiger partial charge in [-0.05, 0) is 22.9 Å². The lowest BCUT2D eigenvalue weighted by Gasteiger charge is -2.30. The Balaban J connectivity index is 1.71. The van der Waals surface area contributed by atoms with Gasteiger partial charge in [-0.2, -0.15) is 0 Å². The van der Waals surface area contributed by atoms with Gasteiger partial charge in [0.2, 0.25) is 5.91 Å². The van der Waals surface area contributed by atoms with Crippen LogP contribution in [0, 0.1) is 0 Å². The van der Waals surface area contributed by atoms with Gasteiger partial charge in [0.1, 0.15) is 6.04 Å². The van der Waals surface area contributed by atoms with Gasteiger partial charge in [0.05, 0.1) is 19.8 Å². The van der Waals surface area contributed by atoms with Crippen LogP contribution in [-0.2, 0) is 9.53 Å². The summed E-state index contributed by atoms with van der Waals surface area (Å²) in [5.41, 5.74) is 0.460. The first-order chi connectivity index (χ1) is 11.7. The minimum Gasteiger partial charge on any atom is -0.394 e. The number of ether oxygens (including phenoxy) is 1. The third-order valence-electron chi connectivity index (χ3n) is 4.12. The Morgan fingerprint density at radius 2 is 1.83 bits per heavy atom. The van der Waals surface area contributed by atoms with Crippen molar-refractivity contribution in [2.24, 2.45) is 0 Å². The van der Waals surface area contributed by atoms with Crippen LogP contribution in [0.3, 0.4) is 0 Å². The van der Waals surface area contributed by atoms with E-state index in [9.17, 15) is 14.7 Å². The van der Waals surface area contributed by atoms with E-state index in [-0.39, 0.29) is 11.8 Å². The number of benzene rings is 2. The van der Waals surface area contributed by atoms with Crippen molar-refractivity contribution in [1.82, 2.24) is 10.2 Å². The molecule has 2 amide bonds. The lowest BCUT2D eigenvalue weighted by molar-refractivity contribution is -0.138. The lowest BCUT2D eigenvalue weighted by atomic mass is 10.1. The predicted octanol–water partition coefficient (Wildman–Crippen LogP) is 0.789. The van der Waals surface area contributed by atoms with Gasteiger partial charge in [-0.3, -0.25) is 9.59 Å². The van der Waals surface area contributed by atoms with Crippen LogP contribution in [0.1, 0.15) is 10.4 Å². The van der Waals surface area contributed by atoms with Crippen molar-refractivity contribution < 1.29 is 19.4 Å². The number of nitrogens with zero attached hydrogens (tertiary/aromatic N) is 1. The van der Waals surface area contributed by atoms with Crippen LogP contribution in [-0.4, -0.2) is 60.8 Å². The fraction of sp³-hybridized carbons (Fsp3) is 0.333. The van der Waals surface area contributed by atoms with Gasteiger partial charge in [0, 0.05) is 18.7 Å². The Hall–Kier alpha value is -2.44. The first kappa shape index (κ1) is 16.4. The third-order valence-corrected chi connectivity index (χ3v) is 4.12. The van der Waals surface area contributed by atoms with Gasteiger partial charge in [-0.1, -0.05) is 30.3 Å². The fourth-order valence-electron chi connectivity index (χ4n) is 2.76. The average molecular weight is 328 g/mol. The Morgan fingerprint density at radius 3 is 2.54 bits per heavy atom. The minimum atomic E-state index is -0.943. The van der Waals surface area contributed by atoms with Crippen LogP contribution in [0.25, 0.3) is 10.8 Å². The van der Waals surface area contributed by atoms with Gasteiger partial charge in [0.25, 0.3) is 5.91 Å². The molecule has 1 saturated heterocycles. The first-order valence-corrected chi connectivity index (χ1v) is 7.96. The molecule has 6 heteroatoms. The van der Waals surface area contributed by atoms with Gasteiger partial charge in [-0.15, -0.1) is 0 Å². The van der Waals surface area contributed by atoms with Crippen LogP contribution in [0.2, 0.25) is 0 Å². The molecular formula is C18H20N2O4. The lowest BCUT2D eigenvalue weighted by Crippen LogP contribution is -2.53. The summed E-state index contributed by atoms with van der Waals surface area (Å²) in [6, 6.07) is 12.1. The number of nitrogens with one attached hydrogen (secondary N) is 1. The van der Waals surface area contributed by atoms with Crippen molar-refractivity contribution in [3.05, 3.63) is 48.0 Å². The van der Waals surface area contributed by atoms with E-state index in [1.165, 1.54) is 0 Å². The topological polar surface area (TPSA) is 78.9 Å². The number of aliphatic hydroxyl groups excluding tert-OH is 1. The number of aliphatic hydroxyl groups is 1. The Morgan fingerprint density at radius 1 is 1.12 bits per heavy atom. The molecule has 0 spiro atoms. The zero-order chi connectivity index (χ0) is 16.9. The maximum Gasteiger partial charge on any atom is 0.252 e. The summed E-state index contributed by atoms with van der Waals surface area (Å²) in [7, 11) is 0. The second-order valence-corrected chi connectivity index (χ2v) is 5.71. The maximum atomic E-state index is 12.4. The highest BCUT2D eigenvalue weighted by Gasteiger charge is 2.26. The van der Waals surface area contributed by atoms with E-state index in [0.29, 0.717) is 31.9 Å². The van der Waals surface area contributed by atoms with Crippen molar-refractivity contribution in [3.8, 4) is 0 Å². The van der Waals surface area contributed by atoms with Crippen LogP contribution in [0.15, 0.2) is 42.5 Å². The number of fused-ring (bicyclic) bond motifs is 1. The molecule has 24 heavy (non-hydrogen) atoms. The van der Waals surface area contributed by atoms with E-state index >= 15 is 0 Å². The average Bonchev–Trinajstić information content (AvgIpc) is 2.65. The molecule has 1 atom stereocenters. The van der Waals surface area contributed by atoms with Gasteiger partial charge in [-0.25, -0.2) is 0 Å². The van der Waals surface area contributed by atoms with Gasteiger partial charge in [0.15, 0.2) is 0 Å². The second kappa shape index (κ2) is 7.42. The highest BCUT2D eigenvalue weighted by molar-refractivity contribution is 6.00. The van der Waals surface area contributed by atoms with Crippen LogP contribution in [0.4, 0.5) is 0 Å². The number of amides is 2. The standard InChI is InChI=1S/C18H20N2O4/c21-12-16(18(23)20-7-9-24-10-8-20)19-17(22)15-6-5-13-3-1-2-4-14(13)11-15/h1-6,11,16,21H,7-10,12H2,(H,19,22)/t16-/m0/s1. The van der Waals surface area contributed by atoms with Crippen molar-refractivity contribution in [2.75, 3.05) is 32.9 Å². The molecule has 2 aromatic rings. The molecule has 1 aliphatic rings. The fourth-order valence-corrected chi connectivity index (χ4v) is 2.76. The summed E-state index contributed by atoms with van der Waals surface area (Å²) >= 11 is 0. The molecule has 2 N–H and O–H groups in total. The normalized spacial score (nSPS) is 16.0. The Labute approximate surface area is 140 Å². The molecule has 6 nitrogen and oxygen atoms in total. The molecule has 0 unspecified atom stereocenters. The van der Waals surface area contributed by atoms with Crippen molar-refractivity contribution in [1.29, 1.82) is 0 Å². The van der Waals surface area contributed by atoms with Crippen molar-refractivity contribution in [2.45, 2.75) is 6.04 Å². The molecule has 0 radical (unpaired) electrons. The van der Waals surface area contributed by atoms with E-state index in [0.717, 1.165) is 10.8 Å². The van der Waals surface area contributed by atoms with Crippen molar-refractivity contribution >= 4 is 22.6 Å². The number of carbonyl (C=O) groups is 2. The van der Waals surface area contributed by atoms with E-state index in [1.54, 1.807) is 17.0 Å². The molecular weight excluding hydrogens is 308 g/mol. The molecule has 0 bridgehead atoms. The Bertz CT molecular complexity index is 741. The summed E-state index contributed by atoms with van der Waals surface area (Å²) in [5, 5.41) is 14.1. The van der Waals surface area contributed by atoms with Gasteiger partial charge >= 0.3 is 0 Å². The second-order valence-electron chi connectivity index (χ2n) is 5.71. The summed E-state index contributed by atoms with van der Waals surface area (Å²) in [5.74, 6) is -0.656. The highest BCUT2D eigenvalue weighted by Crippen LogP contribution is 2.15. The van der Waals surface area contributed by atoms with Crippen LogP contribution in [0.5, 0.6) is 0 Å². The minimum absolute atomic E-state index is 0.282. The quantitative estimate of drug-likeness (QED) is 0.870. The van der Waals surface area contributed by atoms with Crippen molar-refractivity contribution in [3.63, 3.8) is 0 Å². The number of rotatable bonds is 4. The summed E-state index contributed by atoms with van der Waals surface area (Å²) in [6.07, 6.45) is 0. The molecule has 0 saturated carbocycles.